The van der Waals surface area contributed by atoms with Gasteiger partial charge in [-0.1, -0.05) is 44.9 Å². The van der Waals surface area contributed by atoms with Crippen molar-refractivity contribution in [2.24, 2.45) is 0 Å². The standard InChI is InChI=1S/C9H18OS.C5H10.2CH3.Fe/c1-9(2,3)11(10)8-6-4-5-7-8;1-2-4-5-3-1;;;/h8H,4-7H2,1-3H3;1-5H2;2*1H3;/q;;2*-1;+2/t11-;;;;/m0..../s1. The summed E-state index contributed by atoms with van der Waals surface area (Å²) in [4.78, 5) is 0. The zero-order valence-corrected chi connectivity index (χ0v) is 15.5. The average Bonchev–Trinajstić information content (AvgIpc) is 2.91. The Morgan fingerprint density at radius 1 is 0.789 bits per heavy atom. The molecule has 0 spiro atoms. The number of hydrogen-bond acceptors (Lipinski definition) is 1. The first-order chi connectivity index (χ1) is 7.52. The van der Waals surface area contributed by atoms with Gasteiger partial charge in [0, 0.05) is 20.8 Å². The van der Waals surface area contributed by atoms with Crippen molar-refractivity contribution in [2.45, 2.75) is 88.6 Å². The summed E-state index contributed by atoms with van der Waals surface area (Å²) >= 11 is 0. The van der Waals surface area contributed by atoms with Crippen LogP contribution in [0.5, 0.6) is 0 Å². The Bertz CT molecular complexity index is 206. The fourth-order valence-corrected chi connectivity index (χ4v) is 4.25. The van der Waals surface area contributed by atoms with E-state index in [2.05, 4.69) is 20.8 Å². The molecule has 1 nitrogen and oxygen atoms in total. The van der Waals surface area contributed by atoms with Gasteiger partial charge in [0.05, 0.1) is 0 Å². The van der Waals surface area contributed by atoms with Gasteiger partial charge in [0.2, 0.25) is 0 Å². The van der Waals surface area contributed by atoms with Gasteiger partial charge in [0.25, 0.3) is 0 Å². The molecule has 0 unspecified atom stereocenters. The largest absolute Gasteiger partial charge is 2.00 e. The van der Waals surface area contributed by atoms with E-state index >= 15 is 0 Å². The summed E-state index contributed by atoms with van der Waals surface area (Å²) in [5, 5.41) is 0.495. The van der Waals surface area contributed by atoms with Gasteiger partial charge in [-0.25, -0.2) is 0 Å². The van der Waals surface area contributed by atoms with Crippen molar-refractivity contribution >= 4 is 10.8 Å². The molecule has 0 aliphatic heterocycles. The molecule has 0 heterocycles. The van der Waals surface area contributed by atoms with Gasteiger partial charge < -0.3 is 14.9 Å². The van der Waals surface area contributed by atoms with E-state index in [4.69, 9.17) is 0 Å². The van der Waals surface area contributed by atoms with Gasteiger partial charge in [-0.15, -0.1) is 0 Å². The summed E-state index contributed by atoms with van der Waals surface area (Å²) in [7, 11) is -0.613. The van der Waals surface area contributed by atoms with E-state index in [1.54, 1.807) is 0 Å². The number of rotatable bonds is 1. The first kappa shape index (κ1) is 24.7. The van der Waals surface area contributed by atoms with Crippen LogP contribution in [0.15, 0.2) is 0 Å². The molecule has 0 bridgehead atoms. The summed E-state index contributed by atoms with van der Waals surface area (Å²) < 4.78 is 11.8. The molecule has 2 aliphatic rings. The van der Waals surface area contributed by atoms with Gasteiger partial charge >= 0.3 is 17.1 Å². The predicted molar refractivity (Wildman–Crippen MR) is 86.1 cm³/mol. The topological polar surface area (TPSA) is 17.1 Å². The Kier molecular flexibility index (Phi) is 16.1. The zero-order chi connectivity index (χ0) is 12.0. The molecule has 0 N–H and O–H groups in total. The summed E-state index contributed by atoms with van der Waals surface area (Å²) in [6, 6.07) is 0. The molecular weight excluding hydrogens is 296 g/mol. The molecule has 2 aliphatic carbocycles. The molecule has 2 saturated carbocycles. The third kappa shape index (κ3) is 10.1. The molecule has 118 valence electrons. The molecule has 0 aromatic heterocycles. The second-order valence-corrected chi connectivity index (χ2v) is 8.57. The van der Waals surface area contributed by atoms with Crippen LogP contribution >= 0.6 is 0 Å². The summed E-state index contributed by atoms with van der Waals surface area (Å²) in [5.74, 6) is 0. The Balaban J connectivity index is -0.000000277. The minimum absolute atomic E-state index is 0. The average molecular weight is 330 g/mol. The van der Waals surface area contributed by atoms with Crippen molar-refractivity contribution in [1.82, 2.24) is 0 Å². The van der Waals surface area contributed by atoms with Crippen molar-refractivity contribution in [1.29, 1.82) is 0 Å². The fourth-order valence-electron chi connectivity index (χ4n) is 2.49. The first-order valence-electron chi connectivity index (χ1n) is 6.92. The zero-order valence-electron chi connectivity index (χ0n) is 13.6. The maximum absolute atomic E-state index is 11.8. The van der Waals surface area contributed by atoms with Gasteiger partial charge in [-0.3, -0.25) is 4.21 Å². The number of hydrogen-bond donors (Lipinski definition) is 0. The van der Waals surface area contributed by atoms with E-state index < -0.39 is 10.8 Å². The Hall–Kier alpha value is 0.669. The molecule has 1 atom stereocenters. The Morgan fingerprint density at radius 3 is 1.37 bits per heavy atom. The van der Waals surface area contributed by atoms with E-state index in [9.17, 15) is 4.21 Å². The van der Waals surface area contributed by atoms with Crippen LogP contribution in [0.25, 0.3) is 0 Å². The monoisotopic (exact) mass is 330 g/mol. The molecule has 0 aromatic carbocycles. The minimum atomic E-state index is -0.613. The van der Waals surface area contributed by atoms with Crippen LogP contribution in [0.3, 0.4) is 0 Å². The van der Waals surface area contributed by atoms with E-state index in [1.165, 1.54) is 57.8 Å². The van der Waals surface area contributed by atoms with Crippen LogP contribution in [0.1, 0.15) is 78.6 Å². The molecule has 0 radical (unpaired) electrons. The van der Waals surface area contributed by atoms with Crippen molar-refractivity contribution < 1.29 is 21.3 Å². The maximum Gasteiger partial charge on any atom is 2.00 e. The summed E-state index contributed by atoms with van der Waals surface area (Å²) in [6.45, 7) is 6.21. The quantitative estimate of drug-likeness (QED) is 0.469. The molecule has 0 saturated heterocycles. The van der Waals surface area contributed by atoms with Crippen molar-refractivity contribution in [2.75, 3.05) is 0 Å². The van der Waals surface area contributed by atoms with Crippen LogP contribution in [-0.2, 0) is 27.9 Å². The second kappa shape index (κ2) is 12.4. The van der Waals surface area contributed by atoms with E-state index in [-0.39, 0.29) is 36.7 Å². The molecule has 2 rings (SSSR count). The minimum Gasteiger partial charge on any atom is -0.358 e. The molecule has 0 amide bonds. The molecule has 2 fully saturated rings. The maximum atomic E-state index is 11.8. The SMILES string of the molecule is C1CCCC1.CC(C)(C)[S@@](=O)C1CCCC1.[CH3-].[CH3-].[Fe+2]. The van der Waals surface area contributed by atoms with Gasteiger partial charge in [0.15, 0.2) is 0 Å². The third-order valence-corrected chi connectivity index (χ3v) is 5.74. The first-order valence-corrected chi connectivity index (χ1v) is 8.14. The van der Waals surface area contributed by atoms with Gasteiger partial charge in [-0.2, -0.15) is 0 Å². The Morgan fingerprint density at radius 2 is 1.11 bits per heavy atom. The van der Waals surface area contributed by atoms with E-state index in [0.717, 1.165) is 0 Å². The van der Waals surface area contributed by atoms with Crippen LogP contribution in [0.2, 0.25) is 0 Å². The van der Waals surface area contributed by atoms with Gasteiger partial charge in [-0.05, 0) is 33.6 Å². The van der Waals surface area contributed by atoms with Crippen LogP contribution < -0.4 is 0 Å². The van der Waals surface area contributed by atoms with Crippen LogP contribution in [0.4, 0.5) is 0 Å². The normalized spacial score (nSPS) is 20.2. The fraction of sp³-hybridized carbons (Fsp3) is 0.875. The molecule has 19 heavy (non-hydrogen) atoms. The van der Waals surface area contributed by atoms with Gasteiger partial charge in [0.1, 0.15) is 0 Å². The third-order valence-electron chi connectivity index (χ3n) is 3.46. The van der Waals surface area contributed by atoms with Crippen molar-refractivity contribution in [3.63, 3.8) is 0 Å². The van der Waals surface area contributed by atoms with Crippen molar-refractivity contribution in [3.8, 4) is 0 Å². The molecule has 3 heteroatoms. The molecular formula is C16H34FeOS. The summed E-state index contributed by atoms with van der Waals surface area (Å²) in [5.41, 5.74) is 0. The predicted octanol–water partition coefficient (Wildman–Crippen LogP) is 5.32. The van der Waals surface area contributed by atoms with E-state index in [0.29, 0.717) is 5.25 Å². The molecule has 0 aromatic rings. The smallest absolute Gasteiger partial charge is 0.358 e. The Labute approximate surface area is 135 Å². The summed E-state index contributed by atoms with van der Waals surface area (Å²) in [6.07, 6.45) is 12.4. The van der Waals surface area contributed by atoms with Crippen LogP contribution in [0, 0.1) is 14.9 Å². The van der Waals surface area contributed by atoms with Crippen molar-refractivity contribution in [3.05, 3.63) is 14.9 Å². The van der Waals surface area contributed by atoms with E-state index in [1.807, 2.05) is 0 Å². The van der Waals surface area contributed by atoms with Crippen LogP contribution in [-0.4, -0.2) is 14.2 Å². The second-order valence-electron chi connectivity index (χ2n) is 6.08.